The van der Waals surface area contributed by atoms with Crippen LogP contribution in [0.4, 0.5) is 4.79 Å². The minimum absolute atomic E-state index is 0. The molecule has 1 fully saturated rings. The minimum atomic E-state index is -1.85. The molecule has 0 aromatic carbocycles. The first-order chi connectivity index (χ1) is 8.46. The van der Waals surface area contributed by atoms with Gasteiger partial charge >= 0.3 is 29.6 Å². The van der Waals surface area contributed by atoms with Gasteiger partial charge < -0.3 is 19.4 Å². The van der Waals surface area contributed by atoms with Gasteiger partial charge in [-0.25, -0.2) is 0 Å². The maximum absolute atomic E-state index is 11.2. The zero-order valence-electron chi connectivity index (χ0n) is 11.9. The predicted molar refractivity (Wildman–Crippen MR) is 71.2 cm³/mol. The van der Waals surface area contributed by atoms with Crippen LogP contribution in [0.25, 0.3) is 0 Å². The first-order valence-corrected chi connectivity index (χ1v) is 7.03. The van der Waals surface area contributed by atoms with E-state index in [-0.39, 0.29) is 59.0 Å². The molecule has 1 saturated carbocycles. The van der Waals surface area contributed by atoms with Gasteiger partial charge in [-0.1, -0.05) is 48.7 Å². The van der Waals surface area contributed by atoms with E-state index in [2.05, 4.69) is 4.74 Å². The molecule has 8 heteroatoms. The number of rotatable bonds is 5. The van der Waals surface area contributed by atoms with Crippen LogP contribution >= 0.6 is 34.8 Å². The molecule has 0 aliphatic heterocycles. The normalized spacial score (nSPS) is 25.3. The summed E-state index contributed by atoms with van der Waals surface area (Å²) in [4.78, 5) is 21.7. The van der Waals surface area contributed by atoms with Crippen LogP contribution in [0, 0.1) is 17.3 Å². The maximum atomic E-state index is 11.2. The van der Waals surface area contributed by atoms with Crippen LogP contribution in [0.2, 0.25) is 0 Å². The standard InChI is InChI=1S/C12H17Cl3O4.Na/c1-6(16)4-7-8(11(7,2)3)5-9(12(13,14)15)19-10(17)18;/h7-9H,4-5H2,1-3H3,(H,17,18);/q;+1/p-1. The molecule has 0 radical (unpaired) electrons. The van der Waals surface area contributed by atoms with Crippen molar-refractivity contribution < 1.29 is 49.0 Å². The molecule has 4 nitrogen and oxygen atoms in total. The number of carbonyl (C=O) groups is 2. The van der Waals surface area contributed by atoms with Gasteiger partial charge in [0, 0.05) is 6.42 Å². The summed E-state index contributed by atoms with van der Waals surface area (Å²) in [7, 11) is 0. The number of ether oxygens (including phenoxy) is 1. The third-order valence-electron chi connectivity index (χ3n) is 3.87. The second-order valence-corrected chi connectivity index (χ2v) is 7.94. The molecule has 3 atom stereocenters. The molecule has 20 heavy (non-hydrogen) atoms. The molecule has 1 aliphatic rings. The van der Waals surface area contributed by atoms with Gasteiger partial charge in [0.05, 0.1) is 6.10 Å². The largest absolute Gasteiger partial charge is 1.00 e. The maximum Gasteiger partial charge on any atom is 1.00 e. The van der Waals surface area contributed by atoms with E-state index >= 15 is 0 Å². The molecule has 0 spiro atoms. The number of alkyl halides is 3. The van der Waals surface area contributed by atoms with E-state index in [1.54, 1.807) is 0 Å². The molecule has 0 amide bonds. The average molecular weight is 354 g/mol. The SMILES string of the molecule is CC(=O)CC1C(CC(OC(=O)[O-])C(Cl)(Cl)Cl)C1(C)C.[Na+]. The van der Waals surface area contributed by atoms with Crippen LogP contribution in [-0.2, 0) is 9.53 Å². The molecule has 0 aromatic heterocycles. The Morgan fingerprint density at radius 1 is 1.30 bits per heavy atom. The second-order valence-electron chi connectivity index (χ2n) is 5.57. The van der Waals surface area contributed by atoms with Crippen molar-refractivity contribution in [2.24, 2.45) is 17.3 Å². The quantitative estimate of drug-likeness (QED) is 0.388. The molecule has 0 heterocycles. The molecular weight excluding hydrogens is 337 g/mol. The summed E-state index contributed by atoms with van der Waals surface area (Å²) in [5, 5.41) is 10.5. The van der Waals surface area contributed by atoms with Gasteiger partial charge in [0.15, 0.2) is 0 Å². The van der Waals surface area contributed by atoms with Gasteiger partial charge in [-0.05, 0) is 30.6 Å². The summed E-state index contributed by atoms with van der Waals surface area (Å²) >= 11 is 17.1. The molecule has 0 aromatic rings. The van der Waals surface area contributed by atoms with Crippen molar-refractivity contribution in [3.63, 3.8) is 0 Å². The Balaban J connectivity index is 0.00000361. The second kappa shape index (κ2) is 7.38. The van der Waals surface area contributed by atoms with Crippen molar-refractivity contribution in [1.82, 2.24) is 0 Å². The van der Waals surface area contributed by atoms with E-state index in [9.17, 15) is 14.7 Å². The topological polar surface area (TPSA) is 66.4 Å². The van der Waals surface area contributed by atoms with Crippen LogP contribution in [0.5, 0.6) is 0 Å². The summed E-state index contributed by atoms with van der Waals surface area (Å²) in [6.45, 7) is 5.52. The Kier molecular flexibility index (Phi) is 7.68. The van der Waals surface area contributed by atoms with E-state index in [1.165, 1.54) is 6.92 Å². The number of ketones is 1. The van der Waals surface area contributed by atoms with Crippen LogP contribution in [-0.4, -0.2) is 21.8 Å². The van der Waals surface area contributed by atoms with Crippen LogP contribution in [0.1, 0.15) is 33.6 Å². The van der Waals surface area contributed by atoms with Crippen LogP contribution in [0.15, 0.2) is 0 Å². The molecule has 110 valence electrons. The molecule has 3 unspecified atom stereocenters. The fourth-order valence-electron chi connectivity index (χ4n) is 2.64. The first kappa shape index (κ1) is 20.8. The van der Waals surface area contributed by atoms with E-state index in [0.29, 0.717) is 6.42 Å². The van der Waals surface area contributed by atoms with Crippen molar-refractivity contribution in [3.8, 4) is 0 Å². The zero-order chi connectivity index (χ0) is 15.0. The Hall–Kier alpha value is 0.810. The van der Waals surface area contributed by atoms with Crippen molar-refractivity contribution in [1.29, 1.82) is 0 Å². The van der Waals surface area contributed by atoms with Crippen molar-refractivity contribution >= 4 is 46.7 Å². The smallest absolute Gasteiger partial charge is 0.542 e. The van der Waals surface area contributed by atoms with Crippen LogP contribution in [0.3, 0.4) is 0 Å². The predicted octanol–water partition coefficient (Wildman–Crippen LogP) is -0.269. The number of Topliss-reactive ketones (excluding diaryl/α,β-unsaturated/α-hetero) is 1. The number of carbonyl (C=O) groups excluding carboxylic acids is 2. The van der Waals surface area contributed by atoms with Gasteiger partial charge in [-0.3, -0.25) is 0 Å². The molecule has 1 rings (SSSR count). The Labute approximate surface area is 155 Å². The number of hydrogen-bond acceptors (Lipinski definition) is 4. The summed E-state index contributed by atoms with van der Waals surface area (Å²) in [5.41, 5.74) is -0.0882. The van der Waals surface area contributed by atoms with Crippen molar-refractivity contribution in [3.05, 3.63) is 0 Å². The Morgan fingerprint density at radius 3 is 2.15 bits per heavy atom. The van der Waals surface area contributed by atoms with Crippen molar-refractivity contribution in [2.75, 3.05) is 0 Å². The molecule has 1 aliphatic carbocycles. The molecule has 0 bridgehead atoms. The third kappa shape index (κ3) is 5.54. The zero-order valence-corrected chi connectivity index (χ0v) is 16.2. The molecule has 0 N–H and O–H groups in total. The van der Waals surface area contributed by atoms with Gasteiger partial charge in [0.25, 0.3) is 6.16 Å². The number of hydrogen-bond donors (Lipinski definition) is 0. The fourth-order valence-corrected chi connectivity index (χ4v) is 3.04. The summed E-state index contributed by atoms with van der Waals surface area (Å²) in [6, 6.07) is 0. The molecular formula is C12H16Cl3NaO4. The summed E-state index contributed by atoms with van der Waals surface area (Å²) in [6.07, 6.45) is -2.12. The third-order valence-corrected chi connectivity index (χ3v) is 4.60. The average Bonchev–Trinajstić information content (AvgIpc) is 2.65. The van der Waals surface area contributed by atoms with Gasteiger partial charge in [-0.15, -0.1) is 0 Å². The Morgan fingerprint density at radius 2 is 1.80 bits per heavy atom. The fraction of sp³-hybridized carbons (Fsp3) is 0.833. The summed E-state index contributed by atoms with van der Waals surface area (Å²) in [5.74, 6) is 0.327. The number of carboxylic acid groups (broad SMARTS) is 1. The number of halogens is 3. The van der Waals surface area contributed by atoms with E-state index < -0.39 is 16.1 Å². The summed E-state index contributed by atoms with van der Waals surface area (Å²) < 4.78 is 2.69. The monoisotopic (exact) mass is 352 g/mol. The minimum Gasteiger partial charge on any atom is -0.542 e. The van der Waals surface area contributed by atoms with E-state index in [0.717, 1.165) is 0 Å². The van der Waals surface area contributed by atoms with Gasteiger partial charge in [-0.2, -0.15) is 0 Å². The van der Waals surface area contributed by atoms with Gasteiger partial charge in [0.1, 0.15) is 5.78 Å². The van der Waals surface area contributed by atoms with E-state index in [1.807, 2.05) is 13.8 Å². The van der Waals surface area contributed by atoms with Gasteiger partial charge in [0.2, 0.25) is 3.79 Å². The molecule has 0 saturated heterocycles. The first-order valence-electron chi connectivity index (χ1n) is 5.90. The Bertz CT molecular complexity index is 381. The van der Waals surface area contributed by atoms with Crippen LogP contribution < -0.4 is 34.7 Å². The van der Waals surface area contributed by atoms with E-state index in [4.69, 9.17) is 34.8 Å². The van der Waals surface area contributed by atoms with Crippen molar-refractivity contribution in [2.45, 2.75) is 43.5 Å².